The largest absolute Gasteiger partial charge is 0.472 e. The molecule has 190 valence electrons. The van der Waals surface area contributed by atoms with Gasteiger partial charge < -0.3 is 24.6 Å². The van der Waals surface area contributed by atoms with Crippen molar-refractivity contribution in [2.24, 2.45) is 0 Å². The van der Waals surface area contributed by atoms with Crippen molar-refractivity contribution in [2.75, 3.05) is 26.4 Å². The highest BCUT2D eigenvalue weighted by Crippen LogP contribution is 2.43. The second kappa shape index (κ2) is 19.4. The van der Waals surface area contributed by atoms with Gasteiger partial charge in [-0.2, -0.15) is 0 Å². The lowest BCUT2D eigenvalue weighted by Crippen LogP contribution is -2.28. The first-order chi connectivity index (χ1) is 15.3. The number of hydrogen-bond donors (Lipinski definition) is 3. The Morgan fingerprint density at radius 1 is 0.750 bits per heavy atom. The molecule has 0 bridgehead atoms. The molecule has 11 heteroatoms. The molecule has 0 saturated heterocycles. The van der Waals surface area contributed by atoms with E-state index < -0.39 is 58.4 Å². The standard InChI is InChI=1S/C21H41O10P/c1-3-5-6-7-8-9-10-11-12-13-21(25)31-19(15-23)17-29-32(26,27)28-16-18(14-22)30-20(24)4-2/h18-19,22-23H,3-17H2,1-2H3,(H,26,27). The predicted octanol–water partition coefficient (Wildman–Crippen LogP) is 3.26. The van der Waals surface area contributed by atoms with Crippen molar-refractivity contribution in [1.29, 1.82) is 0 Å². The third-order valence-corrected chi connectivity index (χ3v) is 5.57. The van der Waals surface area contributed by atoms with Gasteiger partial charge in [-0.1, -0.05) is 65.2 Å². The number of aliphatic hydroxyl groups is 2. The van der Waals surface area contributed by atoms with Crippen LogP contribution >= 0.6 is 7.82 Å². The van der Waals surface area contributed by atoms with Crippen LogP contribution in [0, 0.1) is 0 Å². The first kappa shape index (κ1) is 31.0. The van der Waals surface area contributed by atoms with Crippen molar-refractivity contribution in [1.82, 2.24) is 0 Å². The molecule has 0 aliphatic heterocycles. The average Bonchev–Trinajstić information content (AvgIpc) is 2.78. The number of carbonyl (C=O) groups excluding carboxylic acids is 2. The predicted molar refractivity (Wildman–Crippen MR) is 118 cm³/mol. The van der Waals surface area contributed by atoms with E-state index in [9.17, 15) is 24.2 Å². The van der Waals surface area contributed by atoms with Gasteiger partial charge in [0.1, 0.15) is 12.2 Å². The summed E-state index contributed by atoms with van der Waals surface area (Å²) in [6, 6.07) is 0. The van der Waals surface area contributed by atoms with E-state index in [4.69, 9.17) is 23.6 Å². The van der Waals surface area contributed by atoms with E-state index in [1.807, 2.05) is 0 Å². The molecule has 10 nitrogen and oxygen atoms in total. The summed E-state index contributed by atoms with van der Waals surface area (Å²) in [6.45, 7) is 1.46. The van der Waals surface area contributed by atoms with Gasteiger partial charge in [-0.3, -0.25) is 18.6 Å². The quantitative estimate of drug-likeness (QED) is 0.126. The van der Waals surface area contributed by atoms with E-state index in [2.05, 4.69) is 6.92 Å². The Morgan fingerprint density at radius 3 is 1.62 bits per heavy atom. The lowest BCUT2D eigenvalue weighted by atomic mass is 10.1. The molecule has 3 N–H and O–H groups in total. The minimum absolute atomic E-state index is 0.0758. The molecular formula is C21H41O10P. The van der Waals surface area contributed by atoms with Crippen molar-refractivity contribution in [2.45, 2.75) is 96.7 Å². The highest BCUT2D eigenvalue weighted by atomic mass is 31.2. The first-order valence-electron chi connectivity index (χ1n) is 11.5. The van der Waals surface area contributed by atoms with Crippen LogP contribution in [-0.4, -0.2) is 65.7 Å². The Bertz CT molecular complexity index is 543. The lowest BCUT2D eigenvalue weighted by molar-refractivity contribution is -0.153. The van der Waals surface area contributed by atoms with E-state index in [0.29, 0.717) is 6.42 Å². The fourth-order valence-corrected chi connectivity index (χ4v) is 3.52. The highest BCUT2D eigenvalue weighted by molar-refractivity contribution is 7.47. The van der Waals surface area contributed by atoms with E-state index >= 15 is 0 Å². The summed E-state index contributed by atoms with van der Waals surface area (Å²) in [5.41, 5.74) is 0. The van der Waals surface area contributed by atoms with Crippen molar-refractivity contribution in [3.8, 4) is 0 Å². The Labute approximate surface area is 191 Å². The van der Waals surface area contributed by atoms with E-state index in [1.54, 1.807) is 6.92 Å². The number of unbranched alkanes of at least 4 members (excludes halogenated alkanes) is 8. The van der Waals surface area contributed by atoms with Crippen molar-refractivity contribution in [3.63, 3.8) is 0 Å². The SMILES string of the molecule is CCCCCCCCCCCC(=O)OC(CO)COP(=O)(O)OCC(CO)OC(=O)CC. The number of phosphoric acid groups is 1. The first-order valence-corrected chi connectivity index (χ1v) is 13.0. The second-order valence-electron chi connectivity index (χ2n) is 7.58. The fourth-order valence-electron chi connectivity index (χ4n) is 2.73. The summed E-state index contributed by atoms with van der Waals surface area (Å²) in [5, 5.41) is 18.4. The van der Waals surface area contributed by atoms with Gasteiger partial charge in [0, 0.05) is 12.8 Å². The fraction of sp³-hybridized carbons (Fsp3) is 0.905. The summed E-state index contributed by atoms with van der Waals surface area (Å²) < 4.78 is 31.2. The van der Waals surface area contributed by atoms with Gasteiger partial charge in [0.25, 0.3) is 0 Å². The van der Waals surface area contributed by atoms with Crippen molar-refractivity contribution >= 4 is 19.8 Å². The Morgan fingerprint density at radius 2 is 1.19 bits per heavy atom. The highest BCUT2D eigenvalue weighted by Gasteiger charge is 2.27. The van der Waals surface area contributed by atoms with Crippen LogP contribution in [0.3, 0.4) is 0 Å². The zero-order chi connectivity index (χ0) is 24.2. The number of carbonyl (C=O) groups is 2. The maximum Gasteiger partial charge on any atom is 0.472 e. The summed E-state index contributed by atoms with van der Waals surface area (Å²) in [5.74, 6) is -1.11. The lowest BCUT2D eigenvalue weighted by Gasteiger charge is -2.20. The molecule has 0 rings (SSSR count). The van der Waals surface area contributed by atoms with Crippen LogP contribution in [0.1, 0.15) is 84.5 Å². The van der Waals surface area contributed by atoms with Crippen LogP contribution in [0.15, 0.2) is 0 Å². The van der Waals surface area contributed by atoms with Crippen molar-refractivity contribution < 1.29 is 47.8 Å². The minimum Gasteiger partial charge on any atom is -0.457 e. The number of aliphatic hydroxyl groups excluding tert-OH is 2. The van der Waals surface area contributed by atoms with Gasteiger partial charge in [0.05, 0.1) is 26.4 Å². The number of rotatable bonds is 21. The summed E-state index contributed by atoms with van der Waals surface area (Å²) in [6.07, 6.45) is 8.06. The van der Waals surface area contributed by atoms with Crippen LogP contribution < -0.4 is 0 Å². The molecular weight excluding hydrogens is 443 g/mol. The Hall–Kier alpha value is -1.03. The average molecular weight is 485 g/mol. The number of hydrogen-bond acceptors (Lipinski definition) is 9. The topological polar surface area (TPSA) is 149 Å². The molecule has 0 aliphatic rings. The summed E-state index contributed by atoms with van der Waals surface area (Å²) >= 11 is 0. The zero-order valence-corrected chi connectivity index (χ0v) is 20.3. The van der Waals surface area contributed by atoms with Gasteiger partial charge in [-0.25, -0.2) is 4.57 Å². The van der Waals surface area contributed by atoms with Crippen LogP contribution in [0.5, 0.6) is 0 Å². The van der Waals surface area contributed by atoms with E-state index in [0.717, 1.165) is 19.3 Å². The van der Waals surface area contributed by atoms with E-state index in [-0.39, 0.29) is 12.8 Å². The molecule has 0 heterocycles. The molecule has 0 saturated carbocycles. The molecule has 3 unspecified atom stereocenters. The van der Waals surface area contributed by atoms with Gasteiger partial charge in [-0.15, -0.1) is 0 Å². The molecule has 0 aliphatic carbocycles. The van der Waals surface area contributed by atoms with Gasteiger partial charge in [0.15, 0.2) is 0 Å². The summed E-state index contributed by atoms with van der Waals surface area (Å²) in [4.78, 5) is 32.8. The molecule has 0 spiro atoms. The third-order valence-electron chi connectivity index (χ3n) is 4.62. The van der Waals surface area contributed by atoms with Crippen LogP contribution in [0.25, 0.3) is 0 Å². The monoisotopic (exact) mass is 484 g/mol. The molecule has 0 aromatic heterocycles. The van der Waals surface area contributed by atoms with Crippen LogP contribution in [0.4, 0.5) is 0 Å². The number of ether oxygens (including phenoxy) is 2. The number of phosphoric ester groups is 1. The molecule has 0 fully saturated rings. The molecule has 3 atom stereocenters. The molecule has 0 radical (unpaired) electrons. The van der Waals surface area contributed by atoms with Gasteiger partial charge >= 0.3 is 19.8 Å². The Balaban J connectivity index is 4.07. The van der Waals surface area contributed by atoms with Gasteiger partial charge in [0.2, 0.25) is 0 Å². The smallest absolute Gasteiger partial charge is 0.457 e. The molecule has 0 aromatic carbocycles. The second-order valence-corrected chi connectivity index (χ2v) is 9.03. The third kappa shape index (κ3) is 17.5. The van der Waals surface area contributed by atoms with Crippen molar-refractivity contribution in [3.05, 3.63) is 0 Å². The van der Waals surface area contributed by atoms with Gasteiger partial charge in [-0.05, 0) is 6.42 Å². The van der Waals surface area contributed by atoms with E-state index in [1.165, 1.54) is 32.1 Å². The van der Waals surface area contributed by atoms with Crippen LogP contribution in [0.2, 0.25) is 0 Å². The Kier molecular flexibility index (Phi) is 18.8. The normalized spacial score (nSPS) is 15.0. The summed E-state index contributed by atoms with van der Waals surface area (Å²) in [7, 11) is -4.57. The van der Waals surface area contributed by atoms with Crippen LogP contribution in [-0.2, 0) is 32.7 Å². The zero-order valence-electron chi connectivity index (χ0n) is 19.4. The maximum atomic E-state index is 11.9. The maximum absolute atomic E-state index is 11.9. The molecule has 0 aromatic rings. The number of esters is 2. The molecule has 0 amide bonds. The minimum atomic E-state index is -4.57. The molecule has 32 heavy (non-hydrogen) atoms.